The summed E-state index contributed by atoms with van der Waals surface area (Å²) in [7, 11) is -7.37. The lowest BCUT2D eigenvalue weighted by Gasteiger charge is -2.33. The van der Waals surface area contributed by atoms with E-state index in [1.54, 1.807) is 39.8 Å². The largest absolute Gasteiger partial charge is 0.349 e. The van der Waals surface area contributed by atoms with Crippen molar-refractivity contribution in [1.29, 1.82) is 0 Å². The fraction of sp³-hybridized carbons (Fsp3) is 0.632. The standard InChI is InChI=1S/C19H34N2O7P2/c1-6-25-29(23,26-7-2)18(17-13-11-10-12-14-17)15-19(21-20-16(5)22)30(24,27-8-3)28-9-4/h10-14,18-19,21H,6-9,15H2,1-5H3,(H,20,22). The molecule has 9 nitrogen and oxygen atoms in total. The SMILES string of the molecule is CCOP(=O)(OCC)C(CC(c1ccccc1)P(=O)(OCC)OCC)NNC(C)=O. The molecule has 0 aliphatic heterocycles. The zero-order valence-electron chi connectivity index (χ0n) is 18.3. The quantitative estimate of drug-likeness (QED) is 0.286. The second kappa shape index (κ2) is 13.4. The van der Waals surface area contributed by atoms with Gasteiger partial charge in [-0.15, -0.1) is 0 Å². The van der Waals surface area contributed by atoms with Crippen LogP contribution in [-0.2, 0) is 32.0 Å². The van der Waals surface area contributed by atoms with Gasteiger partial charge in [0.05, 0.1) is 32.1 Å². The molecule has 1 aromatic rings. The summed E-state index contributed by atoms with van der Waals surface area (Å²) in [4.78, 5) is 11.5. The molecule has 1 rings (SSSR count). The van der Waals surface area contributed by atoms with Crippen LogP contribution in [0, 0.1) is 0 Å². The molecule has 0 saturated heterocycles. The molecule has 11 heteroatoms. The van der Waals surface area contributed by atoms with E-state index in [1.165, 1.54) is 6.92 Å². The van der Waals surface area contributed by atoms with Crippen molar-refractivity contribution in [2.75, 3.05) is 26.4 Å². The van der Waals surface area contributed by atoms with Gasteiger partial charge >= 0.3 is 15.2 Å². The molecule has 2 N–H and O–H groups in total. The summed E-state index contributed by atoms with van der Waals surface area (Å²) < 4.78 is 49.4. The van der Waals surface area contributed by atoms with Crippen LogP contribution in [0.5, 0.6) is 0 Å². The Balaban J connectivity index is 3.44. The van der Waals surface area contributed by atoms with Gasteiger partial charge in [-0.3, -0.25) is 19.4 Å². The predicted octanol–water partition coefficient (Wildman–Crippen LogP) is 4.62. The number of rotatable bonds is 15. The normalized spacial score (nSPS) is 14.3. The van der Waals surface area contributed by atoms with Gasteiger partial charge < -0.3 is 18.1 Å². The topological polar surface area (TPSA) is 112 Å². The molecule has 172 valence electrons. The van der Waals surface area contributed by atoms with E-state index in [0.29, 0.717) is 5.56 Å². The van der Waals surface area contributed by atoms with E-state index in [1.807, 2.05) is 18.2 Å². The van der Waals surface area contributed by atoms with Crippen molar-refractivity contribution in [3.63, 3.8) is 0 Å². The van der Waals surface area contributed by atoms with Crippen LogP contribution >= 0.6 is 15.2 Å². The molecule has 1 amide bonds. The number of benzene rings is 1. The highest BCUT2D eigenvalue weighted by atomic mass is 31.2. The first-order chi connectivity index (χ1) is 14.3. The molecule has 2 unspecified atom stereocenters. The first kappa shape index (κ1) is 27.0. The maximum absolute atomic E-state index is 13.7. The number of carbonyl (C=O) groups is 1. The van der Waals surface area contributed by atoms with Crippen molar-refractivity contribution in [3.8, 4) is 0 Å². The molecule has 0 aliphatic carbocycles. The van der Waals surface area contributed by atoms with Crippen LogP contribution in [-0.4, -0.2) is 38.1 Å². The van der Waals surface area contributed by atoms with Gasteiger partial charge in [0.15, 0.2) is 0 Å². The smallest absolute Gasteiger partial charge is 0.308 e. The fourth-order valence-electron chi connectivity index (χ4n) is 2.94. The molecule has 0 radical (unpaired) electrons. The fourth-order valence-corrected chi connectivity index (χ4v) is 7.11. The Labute approximate surface area is 179 Å². The lowest BCUT2D eigenvalue weighted by molar-refractivity contribution is -0.120. The maximum atomic E-state index is 13.7. The lowest BCUT2D eigenvalue weighted by atomic mass is 10.1. The van der Waals surface area contributed by atoms with Crippen LogP contribution in [0.15, 0.2) is 30.3 Å². The minimum atomic E-state index is -3.73. The third-order valence-corrected chi connectivity index (χ3v) is 8.89. The summed E-state index contributed by atoms with van der Waals surface area (Å²) in [6.07, 6.45) is 0.0127. The Bertz CT molecular complexity index is 713. The van der Waals surface area contributed by atoms with Gasteiger partial charge in [-0.25, -0.2) is 5.43 Å². The molecule has 2 atom stereocenters. The van der Waals surface area contributed by atoms with Crippen molar-refractivity contribution in [1.82, 2.24) is 10.9 Å². The molecule has 0 spiro atoms. The van der Waals surface area contributed by atoms with Crippen LogP contribution in [0.1, 0.15) is 52.3 Å². The van der Waals surface area contributed by atoms with E-state index in [0.717, 1.165) is 0 Å². The maximum Gasteiger partial charge on any atom is 0.349 e. The van der Waals surface area contributed by atoms with Crippen LogP contribution in [0.25, 0.3) is 0 Å². The van der Waals surface area contributed by atoms with Gasteiger partial charge in [0.25, 0.3) is 0 Å². The Morgan fingerprint density at radius 3 is 1.77 bits per heavy atom. The molecular weight excluding hydrogens is 430 g/mol. The van der Waals surface area contributed by atoms with E-state index < -0.39 is 26.6 Å². The van der Waals surface area contributed by atoms with E-state index >= 15 is 0 Å². The van der Waals surface area contributed by atoms with Gasteiger partial charge in [0.2, 0.25) is 5.91 Å². The van der Waals surface area contributed by atoms with E-state index in [4.69, 9.17) is 18.1 Å². The van der Waals surface area contributed by atoms with Gasteiger partial charge in [-0.2, -0.15) is 0 Å². The molecule has 30 heavy (non-hydrogen) atoms. The zero-order valence-corrected chi connectivity index (χ0v) is 20.1. The number of hydrazine groups is 1. The predicted molar refractivity (Wildman–Crippen MR) is 116 cm³/mol. The summed E-state index contributed by atoms with van der Waals surface area (Å²) in [6, 6.07) is 9.07. The molecule has 1 aromatic carbocycles. The number of hydrogen-bond donors (Lipinski definition) is 2. The molecule has 0 aliphatic rings. The lowest BCUT2D eigenvalue weighted by Crippen LogP contribution is -2.44. The van der Waals surface area contributed by atoms with E-state index in [9.17, 15) is 13.9 Å². The highest BCUT2D eigenvalue weighted by molar-refractivity contribution is 7.55. The highest BCUT2D eigenvalue weighted by Gasteiger charge is 2.44. The Morgan fingerprint density at radius 2 is 1.33 bits per heavy atom. The van der Waals surface area contributed by atoms with Crippen LogP contribution in [0.3, 0.4) is 0 Å². The van der Waals surface area contributed by atoms with Gasteiger partial charge in [-0.05, 0) is 39.7 Å². The van der Waals surface area contributed by atoms with Crippen molar-refractivity contribution in [2.45, 2.75) is 52.5 Å². The van der Waals surface area contributed by atoms with Crippen molar-refractivity contribution in [2.24, 2.45) is 0 Å². The van der Waals surface area contributed by atoms with Gasteiger partial charge in [-0.1, -0.05) is 30.3 Å². The number of carbonyl (C=O) groups excluding carboxylic acids is 1. The zero-order chi connectivity index (χ0) is 22.6. The Morgan fingerprint density at radius 1 is 0.867 bits per heavy atom. The van der Waals surface area contributed by atoms with Gasteiger partial charge in [0.1, 0.15) is 5.78 Å². The summed E-state index contributed by atoms with van der Waals surface area (Å²) in [6.45, 7) is 8.80. The van der Waals surface area contributed by atoms with Crippen LogP contribution < -0.4 is 10.9 Å². The summed E-state index contributed by atoms with van der Waals surface area (Å²) in [5, 5.41) is 0. The first-order valence-corrected chi connectivity index (χ1v) is 13.3. The third-order valence-electron chi connectivity index (χ3n) is 4.05. The molecule has 0 saturated carbocycles. The minimum absolute atomic E-state index is 0.0127. The Kier molecular flexibility index (Phi) is 12.0. The molecular formula is C19H34N2O7P2. The Hall–Kier alpha value is -1.05. The van der Waals surface area contributed by atoms with Crippen LogP contribution in [0.2, 0.25) is 0 Å². The highest BCUT2D eigenvalue weighted by Crippen LogP contribution is 2.65. The van der Waals surface area contributed by atoms with Crippen molar-refractivity contribution < 1.29 is 32.0 Å². The van der Waals surface area contributed by atoms with Crippen molar-refractivity contribution in [3.05, 3.63) is 35.9 Å². The molecule has 0 bridgehead atoms. The third kappa shape index (κ3) is 7.89. The van der Waals surface area contributed by atoms with E-state index in [-0.39, 0.29) is 38.8 Å². The first-order valence-electron chi connectivity index (χ1n) is 10.1. The second-order valence-corrected chi connectivity index (χ2v) is 10.7. The number of amides is 1. The van der Waals surface area contributed by atoms with Gasteiger partial charge in [0, 0.05) is 6.92 Å². The molecule has 0 fully saturated rings. The number of hydrogen-bond acceptors (Lipinski definition) is 8. The van der Waals surface area contributed by atoms with Crippen molar-refractivity contribution >= 4 is 21.1 Å². The minimum Gasteiger partial charge on any atom is -0.308 e. The summed E-state index contributed by atoms with van der Waals surface area (Å²) >= 11 is 0. The molecule has 0 heterocycles. The average molecular weight is 464 g/mol. The van der Waals surface area contributed by atoms with Crippen LogP contribution in [0.4, 0.5) is 0 Å². The summed E-state index contributed by atoms with van der Waals surface area (Å²) in [5.41, 5.74) is 5.12. The summed E-state index contributed by atoms with van der Waals surface area (Å²) in [5.74, 6) is -1.37. The second-order valence-electron chi connectivity index (χ2n) is 6.25. The average Bonchev–Trinajstić information content (AvgIpc) is 2.69. The van der Waals surface area contributed by atoms with E-state index in [2.05, 4.69) is 10.9 Å². The monoisotopic (exact) mass is 464 g/mol. The number of nitrogens with one attached hydrogen (secondary N) is 2. The molecule has 0 aromatic heterocycles.